The van der Waals surface area contributed by atoms with Gasteiger partial charge >= 0.3 is 0 Å². The van der Waals surface area contributed by atoms with Crippen molar-refractivity contribution in [3.8, 4) is 0 Å². The van der Waals surface area contributed by atoms with Gasteiger partial charge in [0.15, 0.2) is 0 Å². The van der Waals surface area contributed by atoms with Crippen molar-refractivity contribution < 1.29 is 4.74 Å². The lowest BCUT2D eigenvalue weighted by atomic mass is 9.82. The molecular formula is C11H25OP. The van der Waals surface area contributed by atoms with Gasteiger partial charge in [0.1, 0.15) is 0 Å². The second kappa shape index (κ2) is 4.28. The molecule has 0 heterocycles. The fourth-order valence-corrected chi connectivity index (χ4v) is 1.48. The Balaban J connectivity index is 4.60. The van der Waals surface area contributed by atoms with Gasteiger partial charge in [-0.2, -0.15) is 0 Å². The van der Waals surface area contributed by atoms with E-state index >= 15 is 0 Å². The van der Waals surface area contributed by atoms with Gasteiger partial charge in [-0.05, 0) is 33.6 Å². The molecule has 0 fully saturated rings. The summed E-state index contributed by atoms with van der Waals surface area (Å²) in [7, 11) is 2.94. The molecule has 0 amide bonds. The van der Waals surface area contributed by atoms with Crippen LogP contribution in [0.2, 0.25) is 0 Å². The van der Waals surface area contributed by atoms with Crippen LogP contribution in [0.15, 0.2) is 0 Å². The summed E-state index contributed by atoms with van der Waals surface area (Å²) < 4.78 is 5.94. The number of rotatable bonds is 4. The summed E-state index contributed by atoms with van der Waals surface area (Å²) in [4.78, 5) is 0. The van der Waals surface area contributed by atoms with Crippen LogP contribution in [0.25, 0.3) is 0 Å². The predicted molar refractivity (Wildman–Crippen MR) is 63.3 cm³/mol. The van der Waals surface area contributed by atoms with E-state index in [-0.39, 0.29) is 16.9 Å². The normalized spacial score (nSPS) is 18.0. The highest BCUT2D eigenvalue weighted by Crippen LogP contribution is 2.40. The van der Waals surface area contributed by atoms with Gasteiger partial charge in [-0.25, -0.2) is 0 Å². The van der Waals surface area contributed by atoms with Gasteiger partial charge in [-0.15, -0.1) is 9.24 Å². The molecule has 2 unspecified atom stereocenters. The molecule has 2 heteroatoms. The molecule has 80 valence electrons. The van der Waals surface area contributed by atoms with E-state index in [0.29, 0.717) is 5.92 Å². The van der Waals surface area contributed by atoms with E-state index in [1.165, 1.54) is 0 Å². The first-order chi connectivity index (χ1) is 5.61. The third kappa shape index (κ3) is 3.22. The quantitative estimate of drug-likeness (QED) is 0.637. The fraction of sp³-hybridized carbons (Fsp3) is 1.00. The van der Waals surface area contributed by atoms with E-state index in [2.05, 4.69) is 57.7 Å². The molecule has 0 aromatic rings. The van der Waals surface area contributed by atoms with E-state index in [4.69, 9.17) is 4.74 Å². The Morgan fingerprint density at radius 3 is 1.62 bits per heavy atom. The zero-order chi connectivity index (χ0) is 10.9. The molecule has 2 atom stereocenters. The average Bonchev–Trinajstić information content (AvgIpc) is 1.83. The van der Waals surface area contributed by atoms with Crippen LogP contribution < -0.4 is 0 Å². The molecule has 0 aliphatic carbocycles. The molecule has 0 saturated carbocycles. The van der Waals surface area contributed by atoms with Gasteiger partial charge in [0, 0.05) is 5.16 Å². The van der Waals surface area contributed by atoms with Crippen molar-refractivity contribution >= 4 is 9.24 Å². The van der Waals surface area contributed by atoms with Crippen LogP contribution in [-0.2, 0) is 4.74 Å². The summed E-state index contributed by atoms with van der Waals surface area (Å²) in [5.41, 5.74) is -0.0972. The highest BCUT2D eigenvalue weighted by Gasteiger charge is 2.41. The summed E-state index contributed by atoms with van der Waals surface area (Å²) >= 11 is 0. The van der Waals surface area contributed by atoms with E-state index < -0.39 is 0 Å². The second-order valence-corrected chi connectivity index (χ2v) is 6.31. The molecular weight excluding hydrogens is 179 g/mol. The highest BCUT2D eigenvalue weighted by molar-refractivity contribution is 7.19. The van der Waals surface area contributed by atoms with Crippen molar-refractivity contribution in [1.82, 2.24) is 0 Å². The molecule has 0 aliphatic rings. The molecule has 0 aliphatic heterocycles. The van der Waals surface area contributed by atoms with E-state index in [1.54, 1.807) is 0 Å². The van der Waals surface area contributed by atoms with Crippen molar-refractivity contribution in [3.63, 3.8) is 0 Å². The SMILES string of the molecule is CC(C)OC(C)(C)C(C)(P)C(C)C. The maximum absolute atomic E-state index is 5.94. The van der Waals surface area contributed by atoms with Crippen molar-refractivity contribution in [2.45, 2.75) is 65.3 Å². The van der Waals surface area contributed by atoms with Crippen LogP contribution in [0.4, 0.5) is 0 Å². The third-order valence-corrected chi connectivity index (χ3v) is 4.39. The van der Waals surface area contributed by atoms with Gasteiger partial charge in [0.25, 0.3) is 0 Å². The van der Waals surface area contributed by atoms with Gasteiger partial charge in [-0.3, -0.25) is 0 Å². The van der Waals surface area contributed by atoms with E-state index in [9.17, 15) is 0 Å². The Bertz CT molecular complexity index is 159. The summed E-state index contributed by atoms with van der Waals surface area (Å²) in [5, 5.41) is 0.122. The van der Waals surface area contributed by atoms with Crippen molar-refractivity contribution in [1.29, 1.82) is 0 Å². The monoisotopic (exact) mass is 204 g/mol. The smallest absolute Gasteiger partial charge is 0.0719 e. The molecule has 0 N–H and O–H groups in total. The van der Waals surface area contributed by atoms with Crippen LogP contribution in [0.1, 0.15) is 48.5 Å². The maximum atomic E-state index is 5.94. The van der Waals surface area contributed by atoms with E-state index in [0.717, 1.165) is 0 Å². The largest absolute Gasteiger partial charge is 0.372 e. The lowest BCUT2D eigenvalue weighted by Gasteiger charge is -2.45. The molecule has 0 bridgehead atoms. The van der Waals surface area contributed by atoms with Gasteiger partial charge in [0.2, 0.25) is 0 Å². The third-order valence-electron chi connectivity index (χ3n) is 3.03. The lowest BCUT2D eigenvalue weighted by molar-refractivity contribution is -0.0857. The molecule has 0 aromatic carbocycles. The van der Waals surface area contributed by atoms with Crippen LogP contribution in [0.5, 0.6) is 0 Å². The van der Waals surface area contributed by atoms with Gasteiger partial charge in [0.05, 0.1) is 11.7 Å². The summed E-state index contributed by atoms with van der Waals surface area (Å²) in [6.45, 7) is 15.2. The zero-order valence-electron chi connectivity index (χ0n) is 10.1. The van der Waals surface area contributed by atoms with Crippen LogP contribution >= 0.6 is 9.24 Å². The first-order valence-electron chi connectivity index (χ1n) is 5.08. The average molecular weight is 204 g/mol. The maximum Gasteiger partial charge on any atom is 0.0719 e. The fourth-order valence-electron chi connectivity index (χ4n) is 1.41. The Morgan fingerprint density at radius 1 is 1.00 bits per heavy atom. The minimum atomic E-state index is -0.0972. The molecule has 1 nitrogen and oxygen atoms in total. The first-order valence-corrected chi connectivity index (χ1v) is 5.65. The molecule has 0 saturated heterocycles. The summed E-state index contributed by atoms with van der Waals surface area (Å²) in [6.07, 6.45) is 0.286. The van der Waals surface area contributed by atoms with Crippen LogP contribution in [0, 0.1) is 5.92 Å². The van der Waals surface area contributed by atoms with Crippen LogP contribution in [-0.4, -0.2) is 16.9 Å². The molecule has 0 radical (unpaired) electrons. The van der Waals surface area contributed by atoms with Gasteiger partial charge in [-0.1, -0.05) is 20.8 Å². The predicted octanol–water partition coefficient (Wildman–Crippen LogP) is 3.48. The minimum absolute atomic E-state index is 0.0972. The number of ether oxygens (including phenoxy) is 1. The molecule has 0 spiro atoms. The van der Waals surface area contributed by atoms with Crippen molar-refractivity contribution in [2.75, 3.05) is 0 Å². The standard InChI is InChI=1S/C11H25OP/c1-8(2)11(7,13)10(5,6)12-9(3)4/h8-9H,13H2,1-7H3. The molecule has 0 aromatic heterocycles. The Labute approximate surface area is 85.8 Å². The van der Waals surface area contributed by atoms with Crippen molar-refractivity contribution in [2.24, 2.45) is 5.92 Å². The Morgan fingerprint density at radius 2 is 1.38 bits per heavy atom. The van der Waals surface area contributed by atoms with Crippen LogP contribution in [0.3, 0.4) is 0 Å². The lowest BCUT2D eigenvalue weighted by Crippen LogP contribution is -2.49. The van der Waals surface area contributed by atoms with E-state index in [1.807, 2.05) is 0 Å². The Kier molecular flexibility index (Phi) is 4.40. The summed E-state index contributed by atoms with van der Waals surface area (Å²) in [5.74, 6) is 0.589. The molecule has 13 heavy (non-hydrogen) atoms. The first kappa shape index (κ1) is 13.4. The summed E-state index contributed by atoms with van der Waals surface area (Å²) in [6, 6.07) is 0. The zero-order valence-corrected chi connectivity index (χ0v) is 11.3. The topological polar surface area (TPSA) is 9.23 Å². The van der Waals surface area contributed by atoms with Crippen molar-refractivity contribution in [3.05, 3.63) is 0 Å². The Hall–Kier alpha value is 0.390. The number of hydrogen-bond acceptors (Lipinski definition) is 1. The second-order valence-electron chi connectivity index (χ2n) is 5.11. The minimum Gasteiger partial charge on any atom is -0.372 e. The number of hydrogen-bond donors (Lipinski definition) is 0. The molecule has 0 rings (SSSR count). The van der Waals surface area contributed by atoms with Gasteiger partial charge < -0.3 is 4.74 Å². The highest BCUT2D eigenvalue weighted by atomic mass is 31.0.